The molecule has 0 aliphatic carbocycles. The lowest BCUT2D eigenvalue weighted by Crippen LogP contribution is -2.37. The molecule has 3 N–H and O–H groups in total. The van der Waals surface area contributed by atoms with Gasteiger partial charge in [0.2, 0.25) is 11.8 Å². The lowest BCUT2D eigenvalue weighted by molar-refractivity contribution is -0.141. The van der Waals surface area contributed by atoms with Gasteiger partial charge in [-0.25, -0.2) is 4.68 Å². The first kappa shape index (κ1) is 22.2. The molecule has 2 aromatic heterocycles. The van der Waals surface area contributed by atoms with Crippen molar-refractivity contribution in [2.75, 3.05) is 0 Å². The van der Waals surface area contributed by atoms with Crippen molar-refractivity contribution >= 4 is 5.91 Å². The molecule has 8 nitrogen and oxygen atoms in total. The first-order valence-corrected chi connectivity index (χ1v) is 9.91. The highest BCUT2D eigenvalue weighted by atomic mass is 19.4. The van der Waals surface area contributed by atoms with E-state index in [0.717, 1.165) is 10.7 Å². The molecular formula is C22H19F3N6O2. The quantitative estimate of drug-likeness (QED) is 0.459. The van der Waals surface area contributed by atoms with Crippen LogP contribution in [0.1, 0.15) is 18.2 Å². The van der Waals surface area contributed by atoms with Gasteiger partial charge in [0, 0.05) is 18.2 Å². The van der Waals surface area contributed by atoms with E-state index in [1.54, 1.807) is 55.5 Å². The minimum atomic E-state index is -4.68. The molecule has 0 radical (unpaired) electrons. The first-order chi connectivity index (χ1) is 15.7. The Kier molecular flexibility index (Phi) is 5.97. The van der Waals surface area contributed by atoms with Gasteiger partial charge in [-0.3, -0.25) is 4.79 Å². The molecule has 0 saturated heterocycles. The van der Waals surface area contributed by atoms with Gasteiger partial charge in [0.15, 0.2) is 5.69 Å². The predicted molar refractivity (Wildman–Crippen MR) is 113 cm³/mol. The van der Waals surface area contributed by atoms with E-state index in [4.69, 9.17) is 10.2 Å². The van der Waals surface area contributed by atoms with Gasteiger partial charge >= 0.3 is 6.18 Å². The Bertz CT molecular complexity index is 1260. The van der Waals surface area contributed by atoms with Crippen LogP contribution in [-0.2, 0) is 17.5 Å². The number of hydrogen-bond donors (Lipinski definition) is 2. The standard InChI is InChI=1S/C22H19F3N6O2/c1-13(26)19(32)27-12-14-6-5-9-16(10-14)31-17(11-18(30-31)22(23,24)25)21-29-28-20(33-21)15-7-3-2-4-8-15/h2-11,13H,12,26H2,1H3,(H,27,32). The Balaban J connectivity index is 1.72. The topological polar surface area (TPSA) is 112 Å². The van der Waals surface area contributed by atoms with Crippen molar-refractivity contribution in [2.45, 2.75) is 25.7 Å². The Labute approximate surface area is 186 Å². The van der Waals surface area contributed by atoms with E-state index in [2.05, 4.69) is 20.6 Å². The largest absolute Gasteiger partial charge is 0.435 e. The summed E-state index contributed by atoms with van der Waals surface area (Å²) in [4.78, 5) is 11.7. The summed E-state index contributed by atoms with van der Waals surface area (Å²) in [6.45, 7) is 1.70. The molecule has 4 aromatic rings. The second-order valence-corrected chi connectivity index (χ2v) is 7.28. The van der Waals surface area contributed by atoms with Crippen LogP contribution in [0.5, 0.6) is 0 Å². The van der Waals surface area contributed by atoms with E-state index < -0.39 is 17.9 Å². The fourth-order valence-electron chi connectivity index (χ4n) is 3.04. The van der Waals surface area contributed by atoms with Crippen LogP contribution in [0.3, 0.4) is 0 Å². The monoisotopic (exact) mass is 456 g/mol. The second-order valence-electron chi connectivity index (χ2n) is 7.28. The summed E-state index contributed by atoms with van der Waals surface area (Å²) in [7, 11) is 0. The smallest absolute Gasteiger partial charge is 0.415 e. The van der Waals surface area contributed by atoms with Gasteiger partial charge in [0.05, 0.1) is 11.7 Å². The van der Waals surface area contributed by atoms with Gasteiger partial charge in [0.25, 0.3) is 5.89 Å². The second kappa shape index (κ2) is 8.87. The van der Waals surface area contributed by atoms with Crippen molar-refractivity contribution in [3.63, 3.8) is 0 Å². The van der Waals surface area contributed by atoms with E-state index in [1.165, 1.54) is 0 Å². The van der Waals surface area contributed by atoms with Gasteiger partial charge in [-0.05, 0) is 36.8 Å². The minimum Gasteiger partial charge on any atom is -0.415 e. The SMILES string of the molecule is CC(N)C(=O)NCc1cccc(-n2nc(C(F)(F)F)cc2-c2nnc(-c3ccccc3)o2)c1. The summed E-state index contributed by atoms with van der Waals surface area (Å²) in [6, 6.07) is 15.6. The van der Waals surface area contributed by atoms with Gasteiger partial charge in [-0.1, -0.05) is 30.3 Å². The molecule has 2 aromatic carbocycles. The molecule has 0 aliphatic heterocycles. The van der Waals surface area contributed by atoms with Crippen molar-refractivity contribution in [3.8, 4) is 28.7 Å². The van der Waals surface area contributed by atoms with Gasteiger partial charge in [0.1, 0.15) is 5.69 Å². The molecule has 33 heavy (non-hydrogen) atoms. The molecule has 1 amide bonds. The number of amides is 1. The van der Waals surface area contributed by atoms with E-state index in [9.17, 15) is 18.0 Å². The maximum atomic E-state index is 13.4. The average Bonchev–Trinajstić information content (AvgIpc) is 3.45. The Morgan fingerprint density at radius 3 is 2.52 bits per heavy atom. The number of nitrogens with zero attached hydrogens (tertiary/aromatic N) is 4. The lowest BCUT2D eigenvalue weighted by Gasteiger charge is -2.10. The maximum absolute atomic E-state index is 13.4. The zero-order valence-corrected chi connectivity index (χ0v) is 17.4. The summed E-state index contributed by atoms with van der Waals surface area (Å²) in [5, 5.41) is 14.3. The maximum Gasteiger partial charge on any atom is 0.435 e. The van der Waals surface area contributed by atoms with E-state index >= 15 is 0 Å². The van der Waals surface area contributed by atoms with Crippen molar-refractivity contribution in [1.29, 1.82) is 0 Å². The molecule has 11 heteroatoms. The molecule has 0 bridgehead atoms. The molecule has 1 atom stereocenters. The van der Waals surface area contributed by atoms with Crippen molar-refractivity contribution < 1.29 is 22.4 Å². The van der Waals surface area contributed by atoms with Crippen LogP contribution in [-0.4, -0.2) is 31.9 Å². The van der Waals surface area contributed by atoms with Gasteiger partial charge < -0.3 is 15.5 Å². The van der Waals surface area contributed by atoms with E-state index in [-0.39, 0.29) is 29.9 Å². The number of carbonyl (C=O) groups is 1. The number of nitrogens with one attached hydrogen (secondary N) is 1. The summed E-state index contributed by atoms with van der Waals surface area (Å²) >= 11 is 0. The van der Waals surface area contributed by atoms with Crippen LogP contribution in [0.15, 0.2) is 65.1 Å². The molecule has 0 saturated carbocycles. The fraction of sp³-hybridized carbons (Fsp3) is 0.182. The zero-order valence-electron chi connectivity index (χ0n) is 17.4. The zero-order chi connectivity index (χ0) is 23.6. The Morgan fingerprint density at radius 1 is 1.09 bits per heavy atom. The molecule has 0 spiro atoms. The summed E-state index contributed by atoms with van der Waals surface area (Å²) < 4.78 is 47.1. The van der Waals surface area contributed by atoms with Gasteiger partial charge in [-0.2, -0.15) is 18.3 Å². The lowest BCUT2D eigenvalue weighted by atomic mass is 10.2. The fourth-order valence-corrected chi connectivity index (χ4v) is 3.04. The molecule has 0 aliphatic rings. The van der Waals surface area contributed by atoms with Crippen molar-refractivity contribution in [2.24, 2.45) is 5.73 Å². The third kappa shape index (κ3) is 4.93. The third-order valence-corrected chi connectivity index (χ3v) is 4.70. The van der Waals surface area contributed by atoms with Crippen LogP contribution < -0.4 is 11.1 Å². The summed E-state index contributed by atoms with van der Waals surface area (Å²) in [5.74, 6) is -0.300. The molecular weight excluding hydrogens is 437 g/mol. The Morgan fingerprint density at radius 2 is 1.82 bits per heavy atom. The molecule has 2 heterocycles. The number of alkyl halides is 3. The van der Waals surface area contributed by atoms with Gasteiger partial charge in [-0.15, -0.1) is 10.2 Å². The first-order valence-electron chi connectivity index (χ1n) is 9.91. The van der Waals surface area contributed by atoms with Crippen LogP contribution >= 0.6 is 0 Å². The van der Waals surface area contributed by atoms with Crippen LogP contribution in [0.4, 0.5) is 13.2 Å². The summed E-state index contributed by atoms with van der Waals surface area (Å²) in [5.41, 5.74) is 6.01. The highest BCUT2D eigenvalue weighted by Crippen LogP contribution is 2.33. The minimum absolute atomic E-state index is 0.0197. The molecule has 0 fully saturated rings. The highest BCUT2D eigenvalue weighted by molar-refractivity contribution is 5.80. The number of aromatic nitrogens is 4. The van der Waals surface area contributed by atoms with E-state index in [0.29, 0.717) is 16.8 Å². The molecule has 4 rings (SSSR count). The highest BCUT2D eigenvalue weighted by Gasteiger charge is 2.36. The normalized spacial score (nSPS) is 12.5. The average molecular weight is 456 g/mol. The van der Waals surface area contributed by atoms with Crippen LogP contribution in [0, 0.1) is 0 Å². The molecule has 1 unspecified atom stereocenters. The molecule has 170 valence electrons. The van der Waals surface area contributed by atoms with E-state index in [1.807, 2.05) is 6.07 Å². The number of rotatable bonds is 6. The predicted octanol–water partition coefficient (Wildman–Crippen LogP) is 3.57. The third-order valence-electron chi connectivity index (χ3n) is 4.70. The number of carbonyl (C=O) groups excluding carboxylic acids is 1. The number of halogens is 3. The number of benzene rings is 2. The van der Waals surface area contributed by atoms with Crippen LogP contribution in [0.25, 0.3) is 28.7 Å². The van der Waals surface area contributed by atoms with Crippen molar-refractivity contribution in [3.05, 3.63) is 71.9 Å². The number of nitrogens with two attached hydrogens (primary N) is 1. The van der Waals surface area contributed by atoms with Crippen LogP contribution in [0.2, 0.25) is 0 Å². The summed E-state index contributed by atoms with van der Waals surface area (Å²) in [6.07, 6.45) is -4.68. The Hall–Kier alpha value is -3.99. The van der Waals surface area contributed by atoms with Crippen molar-refractivity contribution in [1.82, 2.24) is 25.3 Å². The number of hydrogen-bond acceptors (Lipinski definition) is 6.